The van der Waals surface area contributed by atoms with Crippen molar-refractivity contribution in [2.45, 2.75) is 44.6 Å². The number of aromatic nitrogens is 3. The minimum atomic E-state index is 0.241. The molecular formula is C14H20N4OS. The first-order chi connectivity index (χ1) is 9.74. The van der Waals surface area contributed by atoms with Crippen LogP contribution in [0.2, 0.25) is 0 Å². The van der Waals surface area contributed by atoms with Crippen molar-refractivity contribution in [3.63, 3.8) is 0 Å². The zero-order valence-corrected chi connectivity index (χ0v) is 12.3. The second-order valence-corrected chi connectivity index (χ2v) is 6.83. The molecule has 0 aliphatic heterocycles. The molecule has 3 fully saturated rings. The fraction of sp³-hybridized carbons (Fsp3) is 0.786. The van der Waals surface area contributed by atoms with Gasteiger partial charge in [-0.15, -0.1) is 0 Å². The molecule has 3 saturated carbocycles. The zero-order chi connectivity index (χ0) is 13.7. The van der Waals surface area contributed by atoms with Gasteiger partial charge in [-0.2, -0.15) is 5.10 Å². The maximum absolute atomic E-state index is 12.0. The molecule has 20 heavy (non-hydrogen) atoms. The minimum absolute atomic E-state index is 0.241. The molecule has 3 aliphatic carbocycles. The summed E-state index contributed by atoms with van der Waals surface area (Å²) >= 11 is 5.26. The highest BCUT2D eigenvalue weighted by Gasteiger charge is 2.50. The topological polar surface area (TPSA) is 62.7 Å². The average molecular weight is 292 g/mol. The van der Waals surface area contributed by atoms with Crippen molar-refractivity contribution >= 4 is 18.1 Å². The molecule has 0 radical (unpaired) electrons. The van der Waals surface area contributed by atoms with Gasteiger partial charge in [-0.05, 0) is 56.2 Å². The quantitative estimate of drug-likeness (QED) is 0.788. The Balaban J connectivity index is 1.29. The number of hydrogen-bond acceptors (Lipinski definition) is 3. The van der Waals surface area contributed by atoms with Crippen molar-refractivity contribution in [1.29, 1.82) is 0 Å². The first-order valence-electron chi connectivity index (χ1n) is 7.67. The lowest BCUT2D eigenvalue weighted by molar-refractivity contribution is -0.122. The Bertz CT molecular complexity index is 584. The van der Waals surface area contributed by atoms with Crippen molar-refractivity contribution in [2.75, 3.05) is 6.54 Å². The van der Waals surface area contributed by atoms with Crippen molar-refractivity contribution in [1.82, 2.24) is 20.1 Å². The van der Waals surface area contributed by atoms with Crippen molar-refractivity contribution in [2.24, 2.45) is 17.8 Å². The van der Waals surface area contributed by atoms with Gasteiger partial charge in [-0.25, -0.2) is 0 Å². The monoisotopic (exact) mass is 292 g/mol. The molecule has 4 rings (SSSR count). The third kappa shape index (κ3) is 2.41. The molecule has 2 atom stereocenters. The second-order valence-electron chi connectivity index (χ2n) is 6.45. The van der Waals surface area contributed by atoms with Crippen molar-refractivity contribution in [3.8, 4) is 0 Å². The van der Waals surface area contributed by atoms with E-state index in [0.29, 0.717) is 29.1 Å². The summed E-state index contributed by atoms with van der Waals surface area (Å²) in [6.07, 6.45) is 6.19. The number of rotatable bonds is 6. The molecule has 0 bridgehead atoms. The number of H-pyrrole nitrogens is 1. The molecule has 1 aromatic heterocycles. The van der Waals surface area contributed by atoms with E-state index >= 15 is 0 Å². The largest absolute Gasteiger partial charge is 0.354 e. The smallest absolute Gasteiger partial charge is 0.223 e. The van der Waals surface area contributed by atoms with Gasteiger partial charge in [0.2, 0.25) is 5.91 Å². The van der Waals surface area contributed by atoms with Gasteiger partial charge in [0.1, 0.15) is 5.82 Å². The Morgan fingerprint density at radius 2 is 2.20 bits per heavy atom. The van der Waals surface area contributed by atoms with E-state index in [1.165, 1.54) is 25.7 Å². The second kappa shape index (κ2) is 4.69. The van der Waals surface area contributed by atoms with E-state index in [0.717, 1.165) is 24.7 Å². The lowest BCUT2D eigenvalue weighted by Crippen LogP contribution is -2.29. The van der Waals surface area contributed by atoms with Crippen LogP contribution in [0.1, 0.15) is 43.8 Å². The molecule has 0 aromatic carbocycles. The molecule has 3 aliphatic rings. The van der Waals surface area contributed by atoms with Gasteiger partial charge in [0.15, 0.2) is 4.77 Å². The normalized spacial score (nSPS) is 28.4. The molecule has 1 heterocycles. The molecular weight excluding hydrogens is 272 g/mol. The predicted molar refractivity (Wildman–Crippen MR) is 76.7 cm³/mol. The lowest BCUT2D eigenvalue weighted by atomic mass is 10.2. The standard InChI is InChI=1S/C14H20N4OS/c19-13(11-7-10(11)8-1-2-8)15-5-6-18-12(9-3-4-9)16-17-14(18)20/h8-11H,1-7H2,(H,15,19)(H,17,20)/t10-,11-/m0/s1. The Labute approximate surface area is 123 Å². The van der Waals surface area contributed by atoms with Gasteiger partial charge in [-0.3, -0.25) is 9.89 Å². The highest BCUT2D eigenvalue weighted by Crippen LogP contribution is 2.54. The third-order valence-electron chi connectivity index (χ3n) is 4.77. The van der Waals surface area contributed by atoms with Crippen LogP contribution in [0.4, 0.5) is 0 Å². The van der Waals surface area contributed by atoms with Gasteiger partial charge in [0.25, 0.3) is 0 Å². The van der Waals surface area contributed by atoms with Crippen LogP contribution in [0.25, 0.3) is 0 Å². The van der Waals surface area contributed by atoms with Gasteiger partial charge in [-0.1, -0.05) is 0 Å². The first kappa shape index (κ1) is 12.6. The summed E-state index contributed by atoms with van der Waals surface area (Å²) in [5, 5.41) is 10.2. The van der Waals surface area contributed by atoms with Crippen molar-refractivity contribution < 1.29 is 4.79 Å². The maximum atomic E-state index is 12.0. The number of nitrogens with zero attached hydrogens (tertiary/aromatic N) is 2. The molecule has 5 nitrogen and oxygen atoms in total. The van der Waals surface area contributed by atoms with Gasteiger partial charge in [0, 0.05) is 24.9 Å². The SMILES string of the molecule is O=C(NCCn1c(C2CC2)n[nH]c1=S)[C@H]1C[C@H]1C1CC1. The maximum Gasteiger partial charge on any atom is 0.223 e. The number of amides is 1. The summed E-state index contributed by atoms with van der Waals surface area (Å²) in [4.78, 5) is 12.0. The van der Waals surface area contributed by atoms with Crippen LogP contribution in [0.3, 0.4) is 0 Å². The van der Waals surface area contributed by atoms with Gasteiger partial charge >= 0.3 is 0 Å². The average Bonchev–Trinajstić information content (AvgIpc) is 3.29. The van der Waals surface area contributed by atoms with E-state index in [1.807, 2.05) is 4.57 Å². The van der Waals surface area contributed by atoms with Gasteiger partial charge < -0.3 is 9.88 Å². The zero-order valence-electron chi connectivity index (χ0n) is 11.5. The van der Waals surface area contributed by atoms with E-state index < -0.39 is 0 Å². The number of aromatic amines is 1. The van der Waals surface area contributed by atoms with E-state index in [1.54, 1.807) is 0 Å². The Morgan fingerprint density at radius 3 is 2.90 bits per heavy atom. The first-order valence-corrected chi connectivity index (χ1v) is 8.07. The molecule has 0 saturated heterocycles. The highest BCUT2D eigenvalue weighted by molar-refractivity contribution is 7.71. The van der Waals surface area contributed by atoms with E-state index in [9.17, 15) is 4.79 Å². The predicted octanol–water partition coefficient (Wildman–Crippen LogP) is 1.98. The molecule has 0 unspecified atom stereocenters. The van der Waals surface area contributed by atoms with Crippen LogP contribution in [0.5, 0.6) is 0 Å². The van der Waals surface area contributed by atoms with Crippen LogP contribution in [-0.4, -0.2) is 27.2 Å². The van der Waals surface area contributed by atoms with Crippen LogP contribution >= 0.6 is 12.2 Å². The fourth-order valence-corrected chi connectivity index (χ4v) is 3.41. The molecule has 1 aromatic rings. The summed E-state index contributed by atoms with van der Waals surface area (Å²) in [5.41, 5.74) is 0. The van der Waals surface area contributed by atoms with Crippen LogP contribution in [0.15, 0.2) is 0 Å². The van der Waals surface area contributed by atoms with Crippen LogP contribution < -0.4 is 5.32 Å². The van der Waals surface area contributed by atoms with Crippen LogP contribution in [0, 0.1) is 22.5 Å². The Hall–Kier alpha value is -1.17. The molecule has 1 amide bonds. The van der Waals surface area contributed by atoms with E-state index in [2.05, 4.69) is 15.5 Å². The highest BCUT2D eigenvalue weighted by atomic mass is 32.1. The molecule has 108 valence electrons. The summed E-state index contributed by atoms with van der Waals surface area (Å²) in [7, 11) is 0. The molecule has 2 N–H and O–H groups in total. The lowest BCUT2D eigenvalue weighted by Gasteiger charge is -2.08. The Morgan fingerprint density at radius 1 is 1.40 bits per heavy atom. The summed E-state index contributed by atoms with van der Waals surface area (Å²) < 4.78 is 2.71. The van der Waals surface area contributed by atoms with E-state index in [4.69, 9.17) is 12.2 Å². The number of nitrogens with one attached hydrogen (secondary N) is 2. The summed E-state index contributed by atoms with van der Waals surface area (Å²) in [6.45, 7) is 1.38. The third-order valence-corrected chi connectivity index (χ3v) is 5.08. The van der Waals surface area contributed by atoms with Crippen LogP contribution in [-0.2, 0) is 11.3 Å². The fourth-order valence-electron chi connectivity index (χ4n) is 3.18. The van der Waals surface area contributed by atoms with Crippen molar-refractivity contribution in [3.05, 3.63) is 10.6 Å². The molecule has 0 spiro atoms. The number of carbonyl (C=O) groups is 1. The molecule has 6 heteroatoms. The van der Waals surface area contributed by atoms with Gasteiger partial charge in [0.05, 0.1) is 0 Å². The Kier molecular flexibility index (Phi) is 2.94. The summed E-state index contributed by atoms with van der Waals surface area (Å²) in [6, 6.07) is 0. The minimum Gasteiger partial charge on any atom is -0.354 e. The van der Waals surface area contributed by atoms with E-state index in [-0.39, 0.29) is 5.91 Å². The number of carbonyl (C=O) groups excluding carboxylic acids is 1. The number of hydrogen-bond donors (Lipinski definition) is 2. The summed E-state index contributed by atoms with van der Waals surface area (Å²) in [5.74, 6) is 3.71.